The topological polar surface area (TPSA) is 80.9 Å². The highest BCUT2D eigenvalue weighted by Crippen LogP contribution is 2.26. The van der Waals surface area contributed by atoms with Crippen LogP contribution in [-0.2, 0) is 21.5 Å². The molecule has 0 spiro atoms. The monoisotopic (exact) mass is 494 g/mol. The number of hydrogen-bond donors (Lipinski definition) is 1. The fraction of sp³-hybridized carbons (Fsp3) is 0.150. The van der Waals surface area contributed by atoms with Crippen LogP contribution >= 0.6 is 27.7 Å². The molecule has 152 valence electrons. The molecule has 0 radical (unpaired) electrons. The van der Waals surface area contributed by atoms with E-state index in [1.807, 2.05) is 30.3 Å². The molecule has 2 aromatic carbocycles. The fourth-order valence-corrected chi connectivity index (χ4v) is 4.45. The molecule has 0 unspecified atom stereocenters. The van der Waals surface area contributed by atoms with Crippen molar-refractivity contribution in [2.24, 2.45) is 5.10 Å². The number of thioether (sulfide) groups is 1. The van der Waals surface area contributed by atoms with Gasteiger partial charge in [0.25, 0.3) is 10.0 Å². The molecule has 29 heavy (non-hydrogen) atoms. The van der Waals surface area contributed by atoms with Gasteiger partial charge in [-0.15, -0.1) is 11.8 Å². The van der Waals surface area contributed by atoms with E-state index in [0.29, 0.717) is 0 Å². The molecule has 3 rings (SSSR count). The second-order valence-electron chi connectivity index (χ2n) is 5.95. The predicted molar refractivity (Wildman–Crippen MR) is 119 cm³/mol. The summed E-state index contributed by atoms with van der Waals surface area (Å²) < 4.78 is 36.1. The lowest BCUT2D eigenvalue weighted by atomic mass is 10.1. The summed E-state index contributed by atoms with van der Waals surface area (Å²) in [6.07, 6.45) is 3.12. The van der Waals surface area contributed by atoms with Crippen molar-refractivity contribution in [2.75, 3.05) is 7.11 Å². The van der Waals surface area contributed by atoms with Crippen LogP contribution < -0.4 is 9.57 Å². The molecule has 0 aliphatic carbocycles. The van der Waals surface area contributed by atoms with Gasteiger partial charge in [0.1, 0.15) is 11.5 Å². The maximum Gasteiger partial charge on any atom is 0.276 e. The Hall–Kier alpha value is -2.23. The number of methoxy groups -OCH3 is 1. The van der Waals surface area contributed by atoms with Crippen molar-refractivity contribution in [3.63, 3.8) is 0 Å². The van der Waals surface area contributed by atoms with Gasteiger partial charge in [0.15, 0.2) is 0 Å². The Balaban J connectivity index is 1.66. The van der Waals surface area contributed by atoms with E-state index in [9.17, 15) is 8.42 Å². The maximum absolute atomic E-state index is 12.3. The van der Waals surface area contributed by atoms with Gasteiger partial charge in [-0.3, -0.25) is 0 Å². The Labute approximate surface area is 182 Å². The van der Waals surface area contributed by atoms with Gasteiger partial charge in [0, 0.05) is 15.8 Å². The zero-order chi connectivity index (χ0) is 20.7. The summed E-state index contributed by atoms with van der Waals surface area (Å²) >= 11 is 4.98. The molecule has 1 N–H and O–H groups in total. The van der Waals surface area contributed by atoms with Crippen molar-refractivity contribution in [3.8, 4) is 5.75 Å². The van der Waals surface area contributed by atoms with E-state index in [1.54, 1.807) is 37.3 Å². The summed E-state index contributed by atoms with van der Waals surface area (Å²) in [5.74, 6) is 3.15. The molecule has 0 fully saturated rings. The summed E-state index contributed by atoms with van der Waals surface area (Å²) in [5.41, 5.74) is 1.75. The smallest absolute Gasteiger partial charge is 0.276 e. The number of nitrogens with one attached hydrogen (secondary N) is 1. The molecule has 0 saturated heterocycles. The zero-order valence-corrected chi connectivity index (χ0v) is 18.8. The van der Waals surface area contributed by atoms with E-state index in [-0.39, 0.29) is 4.90 Å². The molecule has 1 aromatic heterocycles. The number of hydrogen-bond acceptors (Lipinski definition) is 6. The SMILES string of the molecule is COc1ccc(/C=N\NS(=O)(=O)c2ccc(Br)cc2)cc1CSCc1ccco1. The highest BCUT2D eigenvalue weighted by molar-refractivity contribution is 9.10. The molecule has 0 aliphatic heterocycles. The molecule has 0 bridgehead atoms. The number of halogens is 1. The molecule has 1 heterocycles. The van der Waals surface area contributed by atoms with Gasteiger partial charge in [-0.05, 0) is 60.2 Å². The number of sulfonamides is 1. The van der Waals surface area contributed by atoms with Crippen LogP contribution in [0, 0.1) is 0 Å². The minimum Gasteiger partial charge on any atom is -0.496 e. The van der Waals surface area contributed by atoms with E-state index < -0.39 is 10.0 Å². The third-order valence-electron chi connectivity index (χ3n) is 3.90. The van der Waals surface area contributed by atoms with E-state index in [2.05, 4.69) is 25.9 Å². The van der Waals surface area contributed by atoms with E-state index >= 15 is 0 Å². The van der Waals surface area contributed by atoms with Gasteiger partial charge in [0.05, 0.1) is 30.2 Å². The Morgan fingerprint density at radius 1 is 1.17 bits per heavy atom. The van der Waals surface area contributed by atoms with E-state index in [1.165, 1.54) is 18.3 Å². The average molecular weight is 495 g/mol. The molecule has 0 amide bonds. The lowest BCUT2D eigenvalue weighted by molar-refractivity contribution is 0.411. The summed E-state index contributed by atoms with van der Waals surface area (Å²) in [4.78, 5) is 2.37. The van der Waals surface area contributed by atoms with E-state index in [0.717, 1.165) is 38.6 Å². The minimum absolute atomic E-state index is 0.141. The maximum atomic E-state index is 12.3. The fourth-order valence-electron chi connectivity index (χ4n) is 2.48. The molecule has 3 aromatic rings. The highest BCUT2D eigenvalue weighted by atomic mass is 79.9. The lowest BCUT2D eigenvalue weighted by Gasteiger charge is -2.09. The molecule has 6 nitrogen and oxygen atoms in total. The normalized spacial score (nSPS) is 11.7. The van der Waals surface area contributed by atoms with Gasteiger partial charge in [-0.2, -0.15) is 13.5 Å². The summed E-state index contributed by atoms with van der Waals surface area (Å²) in [7, 11) is -2.10. The number of benzene rings is 2. The van der Waals surface area contributed by atoms with Crippen molar-refractivity contribution < 1.29 is 17.6 Å². The van der Waals surface area contributed by atoms with Gasteiger partial charge in [0.2, 0.25) is 0 Å². The second-order valence-corrected chi connectivity index (χ2v) is 9.51. The Morgan fingerprint density at radius 2 is 1.97 bits per heavy atom. The van der Waals surface area contributed by atoms with Crippen molar-refractivity contribution in [1.29, 1.82) is 0 Å². The Kier molecular flexibility index (Phi) is 7.40. The quantitative estimate of drug-likeness (QED) is 0.341. The van der Waals surface area contributed by atoms with Crippen LogP contribution in [0.1, 0.15) is 16.9 Å². The summed E-state index contributed by atoms with van der Waals surface area (Å²) in [5, 5.41) is 3.89. The van der Waals surface area contributed by atoms with Gasteiger partial charge in [-0.1, -0.05) is 15.9 Å². The van der Waals surface area contributed by atoms with Crippen LogP contribution in [-0.4, -0.2) is 21.7 Å². The van der Waals surface area contributed by atoms with Gasteiger partial charge in [-0.25, -0.2) is 4.83 Å². The number of hydrazone groups is 1. The van der Waals surface area contributed by atoms with Crippen molar-refractivity contribution in [2.45, 2.75) is 16.4 Å². The standard InChI is InChI=1S/C20H19BrN2O4S2/c1-26-20-9-4-15(11-16(20)13-28-14-18-3-2-10-27-18)12-22-23-29(24,25)19-7-5-17(21)6-8-19/h2-12,23H,13-14H2,1H3/b22-12-. The molecular weight excluding hydrogens is 476 g/mol. The molecule has 9 heteroatoms. The number of rotatable bonds is 9. The third kappa shape index (κ3) is 6.12. The first-order valence-corrected chi connectivity index (χ1v) is 12.0. The first-order chi connectivity index (χ1) is 14.0. The van der Waals surface area contributed by atoms with Crippen LogP contribution in [0.4, 0.5) is 0 Å². The highest BCUT2D eigenvalue weighted by Gasteiger charge is 2.12. The summed E-state index contributed by atoms with van der Waals surface area (Å²) in [6.45, 7) is 0. The zero-order valence-electron chi connectivity index (χ0n) is 15.5. The second kappa shape index (κ2) is 10.00. The number of furan rings is 1. The average Bonchev–Trinajstić information content (AvgIpc) is 3.22. The van der Waals surface area contributed by atoms with Crippen LogP contribution in [0.3, 0.4) is 0 Å². The molecule has 0 aliphatic rings. The van der Waals surface area contributed by atoms with Gasteiger partial charge < -0.3 is 9.15 Å². The van der Waals surface area contributed by atoms with Crippen LogP contribution in [0.2, 0.25) is 0 Å². The third-order valence-corrected chi connectivity index (χ3v) is 6.67. The molecule has 0 atom stereocenters. The minimum atomic E-state index is -3.72. The van der Waals surface area contributed by atoms with Crippen LogP contribution in [0.15, 0.2) is 79.7 Å². The first kappa shape index (κ1) is 21.5. The van der Waals surface area contributed by atoms with Crippen LogP contribution in [0.25, 0.3) is 0 Å². The summed E-state index contributed by atoms with van der Waals surface area (Å²) in [6, 6.07) is 15.7. The Bertz CT molecular complexity index is 1070. The van der Waals surface area contributed by atoms with E-state index in [4.69, 9.17) is 9.15 Å². The molecule has 0 saturated carbocycles. The van der Waals surface area contributed by atoms with Crippen molar-refractivity contribution in [1.82, 2.24) is 4.83 Å². The molecular formula is C20H19BrN2O4S2. The van der Waals surface area contributed by atoms with Crippen molar-refractivity contribution in [3.05, 3.63) is 82.2 Å². The Morgan fingerprint density at radius 3 is 2.66 bits per heavy atom. The van der Waals surface area contributed by atoms with Crippen molar-refractivity contribution >= 4 is 43.9 Å². The van der Waals surface area contributed by atoms with Crippen LogP contribution in [0.5, 0.6) is 5.75 Å². The lowest BCUT2D eigenvalue weighted by Crippen LogP contribution is -2.18. The van der Waals surface area contributed by atoms with Gasteiger partial charge >= 0.3 is 0 Å². The predicted octanol–water partition coefficient (Wildman–Crippen LogP) is 4.80. The number of nitrogens with zero attached hydrogens (tertiary/aromatic N) is 1. The first-order valence-electron chi connectivity index (χ1n) is 8.55. The largest absolute Gasteiger partial charge is 0.496 e. The number of ether oxygens (including phenoxy) is 1.